The minimum absolute atomic E-state index is 0.678. The van der Waals surface area contributed by atoms with E-state index in [0.29, 0.717) is 5.92 Å². The number of rotatable bonds is 2. The standard InChI is InChI=1S/C14H18N2O.C2H2O4/c1-17-11-2-3-14-12(8-11)13(9-16-14)10-4-6-15-7-5-10;3-1(4)2(5)6/h2-3,8-10,15-16H,4-7H2,1H3;(H,3,4)(H,5,6). The van der Waals surface area contributed by atoms with Crippen molar-refractivity contribution in [1.29, 1.82) is 0 Å². The fourth-order valence-corrected chi connectivity index (χ4v) is 2.72. The smallest absolute Gasteiger partial charge is 0.414 e. The molecule has 1 aliphatic rings. The molecule has 0 aliphatic carbocycles. The molecule has 1 fully saturated rings. The Balaban J connectivity index is 0.000000277. The Labute approximate surface area is 133 Å². The third-order valence-electron chi connectivity index (χ3n) is 3.88. The van der Waals surface area contributed by atoms with Gasteiger partial charge in [0, 0.05) is 17.1 Å². The number of benzene rings is 1. The van der Waals surface area contributed by atoms with Gasteiger partial charge in [0.25, 0.3) is 0 Å². The monoisotopic (exact) mass is 320 g/mol. The third kappa shape index (κ3) is 4.23. The van der Waals surface area contributed by atoms with Crippen molar-refractivity contribution in [3.63, 3.8) is 0 Å². The van der Waals surface area contributed by atoms with Crippen LogP contribution in [0.25, 0.3) is 10.9 Å². The van der Waals surface area contributed by atoms with E-state index < -0.39 is 11.9 Å². The topological polar surface area (TPSA) is 112 Å². The summed E-state index contributed by atoms with van der Waals surface area (Å²) in [5.41, 5.74) is 2.65. The van der Waals surface area contributed by atoms with E-state index in [9.17, 15) is 0 Å². The zero-order chi connectivity index (χ0) is 16.8. The number of ether oxygens (including phenoxy) is 1. The zero-order valence-corrected chi connectivity index (χ0v) is 12.8. The normalized spacial score (nSPS) is 14.8. The summed E-state index contributed by atoms with van der Waals surface area (Å²) in [5, 5.41) is 19.5. The second-order valence-corrected chi connectivity index (χ2v) is 5.29. The SMILES string of the molecule is COc1ccc2[nH]cc(C3CCNCC3)c2c1.O=C(O)C(=O)O. The lowest BCUT2D eigenvalue weighted by Gasteiger charge is -2.22. The summed E-state index contributed by atoms with van der Waals surface area (Å²) < 4.78 is 5.31. The number of carboxylic acids is 2. The molecule has 124 valence electrons. The maximum absolute atomic E-state index is 9.10. The van der Waals surface area contributed by atoms with Crippen molar-refractivity contribution in [2.24, 2.45) is 0 Å². The molecule has 0 unspecified atom stereocenters. The number of H-pyrrole nitrogens is 1. The van der Waals surface area contributed by atoms with E-state index in [0.717, 1.165) is 18.8 Å². The highest BCUT2D eigenvalue weighted by Gasteiger charge is 2.18. The Kier molecular flexibility index (Phi) is 5.59. The van der Waals surface area contributed by atoms with Gasteiger partial charge >= 0.3 is 11.9 Å². The Morgan fingerprint density at radius 2 is 1.83 bits per heavy atom. The second kappa shape index (κ2) is 7.64. The van der Waals surface area contributed by atoms with Gasteiger partial charge in [-0.1, -0.05) is 0 Å². The molecule has 1 aliphatic heterocycles. The van der Waals surface area contributed by atoms with E-state index in [2.05, 4.69) is 28.6 Å². The highest BCUT2D eigenvalue weighted by molar-refractivity contribution is 6.27. The van der Waals surface area contributed by atoms with E-state index in [4.69, 9.17) is 24.5 Å². The van der Waals surface area contributed by atoms with Crippen molar-refractivity contribution >= 4 is 22.8 Å². The van der Waals surface area contributed by atoms with Gasteiger partial charge in [0.2, 0.25) is 0 Å². The molecule has 7 nitrogen and oxygen atoms in total. The molecule has 0 bridgehead atoms. The molecular weight excluding hydrogens is 300 g/mol. The van der Waals surface area contributed by atoms with E-state index in [1.165, 1.54) is 29.3 Å². The Bertz CT molecular complexity index is 677. The molecule has 0 saturated carbocycles. The lowest BCUT2D eigenvalue weighted by molar-refractivity contribution is -0.159. The van der Waals surface area contributed by atoms with Gasteiger partial charge in [-0.05, 0) is 55.6 Å². The number of aromatic amines is 1. The number of hydrogen-bond acceptors (Lipinski definition) is 4. The van der Waals surface area contributed by atoms with Crippen LogP contribution in [0.5, 0.6) is 5.75 Å². The molecule has 23 heavy (non-hydrogen) atoms. The van der Waals surface area contributed by atoms with E-state index in [1.807, 2.05) is 6.07 Å². The van der Waals surface area contributed by atoms with Gasteiger partial charge in [0.15, 0.2) is 0 Å². The van der Waals surface area contributed by atoms with Gasteiger partial charge < -0.3 is 25.3 Å². The lowest BCUT2D eigenvalue weighted by Crippen LogP contribution is -2.26. The summed E-state index contributed by atoms with van der Waals surface area (Å²) in [6, 6.07) is 6.24. The number of piperidine rings is 1. The summed E-state index contributed by atoms with van der Waals surface area (Å²) in [4.78, 5) is 21.6. The number of carboxylic acid groups (broad SMARTS) is 2. The van der Waals surface area contributed by atoms with Crippen LogP contribution in [0.2, 0.25) is 0 Å². The molecule has 2 aromatic rings. The average Bonchev–Trinajstić information content (AvgIpc) is 2.99. The molecule has 0 atom stereocenters. The van der Waals surface area contributed by atoms with Gasteiger partial charge in [-0.15, -0.1) is 0 Å². The predicted molar refractivity (Wildman–Crippen MR) is 85.0 cm³/mol. The highest BCUT2D eigenvalue weighted by atomic mass is 16.5. The Morgan fingerprint density at radius 1 is 1.17 bits per heavy atom. The van der Waals surface area contributed by atoms with Crippen LogP contribution in [0.4, 0.5) is 0 Å². The number of carbonyl (C=O) groups is 2. The van der Waals surface area contributed by atoms with Crippen LogP contribution < -0.4 is 10.1 Å². The van der Waals surface area contributed by atoms with Crippen molar-refractivity contribution in [1.82, 2.24) is 10.3 Å². The minimum atomic E-state index is -1.82. The Hall–Kier alpha value is -2.54. The summed E-state index contributed by atoms with van der Waals surface area (Å²) >= 11 is 0. The molecule has 0 radical (unpaired) electrons. The zero-order valence-electron chi connectivity index (χ0n) is 12.8. The summed E-state index contributed by atoms with van der Waals surface area (Å²) in [6.45, 7) is 2.25. The largest absolute Gasteiger partial charge is 0.497 e. The number of hydrogen-bond donors (Lipinski definition) is 4. The van der Waals surface area contributed by atoms with Crippen molar-refractivity contribution in [3.8, 4) is 5.75 Å². The van der Waals surface area contributed by atoms with Crippen molar-refractivity contribution in [3.05, 3.63) is 30.0 Å². The fraction of sp³-hybridized carbons (Fsp3) is 0.375. The summed E-state index contributed by atoms with van der Waals surface area (Å²) in [6.07, 6.45) is 4.62. The lowest BCUT2D eigenvalue weighted by atomic mass is 9.90. The van der Waals surface area contributed by atoms with Crippen molar-refractivity contribution < 1.29 is 24.5 Å². The number of nitrogens with one attached hydrogen (secondary N) is 2. The van der Waals surface area contributed by atoms with Crippen molar-refractivity contribution in [2.75, 3.05) is 20.2 Å². The minimum Gasteiger partial charge on any atom is -0.497 e. The van der Waals surface area contributed by atoms with Gasteiger partial charge in [-0.25, -0.2) is 9.59 Å². The molecule has 1 aromatic carbocycles. The van der Waals surface area contributed by atoms with Gasteiger partial charge in [0.1, 0.15) is 5.75 Å². The molecular formula is C16H20N2O5. The van der Waals surface area contributed by atoms with Crippen LogP contribution in [-0.4, -0.2) is 47.3 Å². The van der Waals surface area contributed by atoms with Crippen LogP contribution in [0.15, 0.2) is 24.4 Å². The summed E-state index contributed by atoms with van der Waals surface area (Å²) in [5.74, 6) is -2.03. The second-order valence-electron chi connectivity index (χ2n) is 5.29. The molecule has 3 rings (SSSR count). The fourth-order valence-electron chi connectivity index (χ4n) is 2.72. The molecule has 0 amide bonds. The molecule has 1 aromatic heterocycles. The first-order valence-corrected chi connectivity index (χ1v) is 7.35. The molecule has 7 heteroatoms. The van der Waals surface area contributed by atoms with Crippen LogP contribution in [0, 0.1) is 0 Å². The van der Waals surface area contributed by atoms with Gasteiger partial charge in [-0.3, -0.25) is 0 Å². The van der Waals surface area contributed by atoms with Crippen LogP contribution in [-0.2, 0) is 9.59 Å². The Morgan fingerprint density at radius 3 is 2.39 bits per heavy atom. The number of aliphatic carboxylic acids is 2. The van der Waals surface area contributed by atoms with E-state index >= 15 is 0 Å². The van der Waals surface area contributed by atoms with Crippen LogP contribution in [0.3, 0.4) is 0 Å². The summed E-state index contributed by atoms with van der Waals surface area (Å²) in [7, 11) is 1.72. The van der Waals surface area contributed by atoms with E-state index in [-0.39, 0.29) is 0 Å². The number of fused-ring (bicyclic) bond motifs is 1. The molecule has 4 N–H and O–H groups in total. The van der Waals surface area contributed by atoms with Crippen molar-refractivity contribution in [2.45, 2.75) is 18.8 Å². The highest BCUT2D eigenvalue weighted by Crippen LogP contribution is 2.33. The van der Waals surface area contributed by atoms with Gasteiger partial charge in [-0.2, -0.15) is 0 Å². The average molecular weight is 320 g/mol. The molecule has 1 saturated heterocycles. The van der Waals surface area contributed by atoms with Crippen LogP contribution >= 0.6 is 0 Å². The number of aromatic nitrogens is 1. The van der Waals surface area contributed by atoms with Crippen LogP contribution in [0.1, 0.15) is 24.3 Å². The first-order chi connectivity index (χ1) is 11.0. The maximum Gasteiger partial charge on any atom is 0.414 e. The predicted octanol–water partition coefficient (Wildman–Crippen LogP) is 1.80. The quantitative estimate of drug-likeness (QED) is 0.628. The van der Waals surface area contributed by atoms with E-state index in [1.54, 1.807) is 7.11 Å². The molecule has 2 heterocycles. The molecule has 0 spiro atoms. The number of methoxy groups -OCH3 is 1. The maximum atomic E-state index is 9.10. The third-order valence-corrected chi connectivity index (χ3v) is 3.88. The first kappa shape index (κ1) is 16.8. The van der Waals surface area contributed by atoms with Gasteiger partial charge in [0.05, 0.1) is 7.11 Å². The first-order valence-electron chi connectivity index (χ1n) is 7.35.